The van der Waals surface area contributed by atoms with Crippen molar-refractivity contribution < 1.29 is 9.21 Å². The molecule has 1 amide bonds. The maximum atomic E-state index is 12.5. The van der Waals surface area contributed by atoms with Crippen LogP contribution >= 0.6 is 0 Å². The molecule has 1 fully saturated rings. The highest BCUT2D eigenvalue weighted by atomic mass is 16.3. The predicted molar refractivity (Wildman–Crippen MR) is 87.6 cm³/mol. The van der Waals surface area contributed by atoms with Crippen molar-refractivity contribution in [1.82, 2.24) is 24.8 Å². The van der Waals surface area contributed by atoms with Gasteiger partial charge >= 0.3 is 0 Å². The second-order valence-electron chi connectivity index (χ2n) is 6.00. The van der Waals surface area contributed by atoms with Gasteiger partial charge in [-0.2, -0.15) is 0 Å². The van der Waals surface area contributed by atoms with E-state index in [2.05, 4.69) is 20.4 Å². The number of hydrogen-bond donors (Lipinski definition) is 1. The lowest BCUT2D eigenvalue weighted by Crippen LogP contribution is -2.36. The molecule has 4 rings (SSSR count). The van der Waals surface area contributed by atoms with Crippen LogP contribution < -0.4 is 5.32 Å². The SMILES string of the molecule is O=C(NCC(c1ccco1)N1CCCC1)c1ccc2nncn2c1. The highest BCUT2D eigenvalue weighted by Gasteiger charge is 2.26. The zero-order valence-corrected chi connectivity index (χ0v) is 13.3. The van der Waals surface area contributed by atoms with E-state index in [0.717, 1.165) is 24.5 Å². The minimum absolute atomic E-state index is 0.0742. The van der Waals surface area contributed by atoms with Crippen LogP contribution in [0.4, 0.5) is 0 Å². The first-order valence-electron chi connectivity index (χ1n) is 8.16. The summed E-state index contributed by atoms with van der Waals surface area (Å²) in [6.07, 6.45) is 7.38. The van der Waals surface area contributed by atoms with Crippen molar-refractivity contribution in [3.8, 4) is 0 Å². The Kier molecular flexibility index (Phi) is 4.00. The molecule has 0 radical (unpaired) electrons. The summed E-state index contributed by atoms with van der Waals surface area (Å²) in [5.41, 5.74) is 1.30. The van der Waals surface area contributed by atoms with Crippen LogP contribution in [0.5, 0.6) is 0 Å². The van der Waals surface area contributed by atoms with Gasteiger partial charge in [-0.25, -0.2) is 0 Å². The predicted octanol–water partition coefficient (Wildman–Crippen LogP) is 1.89. The molecule has 1 aliphatic rings. The number of carbonyl (C=O) groups is 1. The molecule has 3 aromatic heterocycles. The molecule has 1 atom stereocenters. The van der Waals surface area contributed by atoms with Crippen molar-refractivity contribution in [2.45, 2.75) is 18.9 Å². The summed E-state index contributed by atoms with van der Waals surface area (Å²) in [6.45, 7) is 2.59. The Morgan fingerprint density at radius 2 is 2.17 bits per heavy atom. The van der Waals surface area contributed by atoms with Crippen molar-refractivity contribution in [3.63, 3.8) is 0 Å². The average Bonchev–Trinajstić information content (AvgIpc) is 3.36. The van der Waals surface area contributed by atoms with Crippen LogP contribution in [0.1, 0.15) is 35.0 Å². The summed E-state index contributed by atoms with van der Waals surface area (Å²) in [5.74, 6) is 0.785. The summed E-state index contributed by atoms with van der Waals surface area (Å²) < 4.78 is 7.32. The van der Waals surface area contributed by atoms with Crippen LogP contribution in [0, 0.1) is 0 Å². The zero-order valence-electron chi connectivity index (χ0n) is 13.3. The first kappa shape index (κ1) is 14.9. The van der Waals surface area contributed by atoms with Crippen LogP contribution in [0.2, 0.25) is 0 Å². The normalized spacial score (nSPS) is 16.5. The molecule has 24 heavy (non-hydrogen) atoms. The molecule has 0 saturated carbocycles. The van der Waals surface area contributed by atoms with Crippen LogP contribution in [-0.4, -0.2) is 45.0 Å². The molecule has 7 heteroatoms. The van der Waals surface area contributed by atoms with E-state index in [0.29, 0.717) is 12.1 Å². The molecule has 1 unspecified atom stereocenters. The minimum Gasteiger partial charge on any atom is -0.468 e. The van der Waals surface area contributed by atoms with Gasteiger partial charge in [0.15, 0.2) is 5.65 Å². The second-order valence-corrected chi connectivity index (χ2v) is 6.00. The second kappa shape index (κ2) is 6.45. The lowest BCUT2D eigenvalue weighted by atomic mass is 10.2. The molecule has 3 aromatic rings. The molecule has 1 aliphatic heterocycles. The first-order chi connectivity index (χ1) is 11.8. The Bertz CT molecular complexity index is 821. The fourth-order valence-electron chi connectivity index (χ4n) is 3.20. The van der Waals surface area contributed by atoms with E-state index in [1.165, 1.54) is 12.8 Å². The number of aromatic nitrogens is 3. The van der Waals surface area contributed by atoms with Gasteiger partial charge in [-0.3, -0.25) is 14.1 Å². The van der Waals surface area contributed by atoms with E-state index in [-0.39, 0.29) is 11.9 Å². The number of rotatable bonds is 5. The monoisotopic (exact) mass is 325 g/mol. The summed E-state index contributed by atoms with van der Waals surface area (Å²) in [6, 6.07) is 7.48. The summed E-state index contributed by atoms with van der Waals surface area (Å²) >= 11 is 0. The number of likely N-dealkylation sites (tertiary alicyclic amines) is 1. The Morgan fingerprint density at radius 1 is 1.29 bits per heavy atom. The zero-order chi connectivity index (χ0) is 16.4. The van der Waals surface area contributed by atoms with E-state index >= 15 is 0 Å². The standard InChI is InChI=1S/C17H19N5O2/c23-17(13-5-6-16-20-19-12-22(16)11-13)18-10-14(15-4-3-9-24-15)21-7-1-2-8-21/h3-6,9,11-12,14H,1-2,7-8,10H2,(H,18,23). The molecule has 4 heterocycles. The van der Waals surface area contributed by atoms with Crippen LogP contribution in [0.25, 0.3) is 5.65 Å². The number of pyridine rings is 1. The van der Waals surface area contributed by atoms with Gasteiger partial charge in [0.1, 0.15) is 12.1 Å². The molecule has 0 spiro atoms. The van der Waals surface area contributed by atoms with Crippen LogP contribution in [0.15, 0.2) is 47.5 Å². The van der Waals surface area contributed by atoms with E-state index in [9.17, 15) is 4.79 Å². The van der Waals surface area contributed by atoms with E-state index in [1.54, 1.807) is 35.3 Å². The van der Waals surface area contributed by atoms with Gasteiger partial charge in [-0.1, -0.05) is 0 Å². The van der Waals surface area contributed by atoms with Crippen molar-refractivity contribution in [2.24, 2.45) is 0 Å². The molecule has 7 nitrogen and oxygen atoms in total. The Balaban J connectivity index is 1.47. The van der Waals surface area contributed by atoms with Gasteiger partial charge in [-0.15, -0.1) is 10.2 Å². The molecule has 124 valence electrons. The fraction of sp³-hybridized carbons (Fsp3) is 0.353. The third-order valence-electron chi connectivity index (χ3n) is 4.46. The van der Waals surface area contributed by atoms with Gasteiger partial charge in [0.2, 0.25) is 0 Å². The summed E-state index contributed by atoms with van der Waals surface area (Å²) in [5, 5.41) is 10.8. The Hall–Kier alpha value is -2.67. The van der Waals surface area contributed by atoms with E-state index in [1.807, 2.05) is 12.1 Å². The maximum Gasteiger partial charge on any atom is 0.252 e. The van der Waals surface area contributed by atoms with Crippen molar-refractivity contribution >= 4 is 11.6 Å². The van der Waals surface area contributed by atoms with Gasteiger partial charge in [0, 0.05) is 12.7 Å². The van der Waals surface area contributed by atoms with Crippen molar-refractivity contribution in [3.05, 3.63) is 54.4 Å². The molecular formula is C17H19N5O2. The molecule has 1 saturated heterocycles. The van der Waals surface area contributed by atoms with Crippen LogP contribution in [0.3, 0.4) is 0 Å². The number of nitrogens with one attached hydrogen (secondary N) is 1. The lowest BCUT2D eigenvalue weighted by molar-refractivity contribution is 0.0933. The van der Waals surface area contributed by atoms with Gasteiger partial charge in [0.05, 0.1) is 17.9 Å². The topological polar surface area (TPSA) is 75.7 Å². The van der Waals surface area contributed by atoms with Gasteiger partial charge < -0.3 is 9.73 Å². The number of furan rings is 1. The van der Waals surface area contributed by atoms with Crippen molar-refractivity contribution in [1.29, 1.82) is 0 Å². The Labute approximate surface area is 139 Å². The first-order valence-corrected chi connectivity index (χ1v) is 8.16. The number of amides is 1. The average molecular weight is 325 g/mol. The quantitative estimate of drug-likeness (QED) is 0.775. The lowest BCUT2D eigenvalue weighted by Gasteiger charge is -2.26. The molecule has 0 bridgehead atoms. The highest BCUT2D eigenvalue weighted by molar-refractivity contribution is 5.94. The van der Waals surface area contributed by atoms with E-state index in [4.69, 9.17) is 4.42 Å². The largest absolute Gasteiger partial charge is 0.468 e. The minimum atomic E-state index is -0.110. The molecule has 0 aromatic carbocycles. The van der Waals surface area contributed by atoms with Gasteiger partial charge in [-0.05, 0) is 50.2 Å². The summed E-state index contributed by atoms with van der Waals surface area (Å²) in [7, 11) is 0. The number of fused-ring (bicyclic) bond motifs is 1. The van der Waals surface area contributed by atoms with Crippen LogP contribution in [-0.2, 0) is 0 Å². The van der Waals surface area contributed by atoms with Gasteiger partial charge in [0.25, 0.3) is 5.91 Å². The molecule has 1 N–H and O–H groups in total. The highest BCUT2D eigenvalue weighted by Crippen LogP contribution is 2.24. The Morgan fingerprint density at radius 3 is 2.96 bits per heavy atom. The van der Waals surface area contributed by atoms with E-state index < -0.39 is 0 Å². The van der Waals surface area contributed by atoms with Crippen molar-refractivity contribution in [2.75, 3.05) is 19.6 Å². The number of carbonyl (C=O) groups excluding carboxylic acids is 1. The molecular weight excluding hydrogens is 306 g/mol. The fourth-order valence-corrected chi connectivity index (χ4v) is 3.20. The third kappa shape index (κ3) is 2.90. The third-order valence-corrected chi connectivity index (χ3v) is 4.46. The number of nitrogens with zero attached hydrogens (tertiary/aromatic N) is 4. The summed E-state index contributed by atoms with van der Waals surface area (Å²) in [4.78, 5) is 14.8. The maximum absolute atomic E-state index is 12.5. The number of hydrogen-bond acceptors (Lipinski definition) is 5. The molecule has 0 aliphatic carbocycles. The smallest absolute Gasteiger partial charge is 0.252 e.